The molecule has 276 valence electrons. The van der Waals surface area contributed by atoms with Crippen LogP contribution in [0.3, 0.4) is 0 Å². The van der Waals surface area contributed by atoms with E-state index in [2.05, 4.69) is 217 Å². The smallest absolute Gasteiger partial charge is 0.0658 e. The summed E-state index contributed by atoms with van der Waals surface area (Å²) in [6.07, 6.45) is 7.02. The third-order valence-electron chi connectivity index (χ3n) is 13.3. The van der Waals surface area contributed by atoms with Crippen molar-refractivity contribution in [3.63, 3.8) is 0 Å². The SMILES string of the molecule is CC1C=CC=C2c3cc(-c4ccc5c(c4)c4ccccc4n5-c4cc(-c5ccccc5)c5ccccc5c4)cc4c3N(c3cc5ccccc5cc3-c3ccccc3-4)C21. The highest BCUT2D eigenvalue weighted by atomic mass is 15.2. The Bertz CT molecular complexity index is 3470. The Morgan fingerprint density at radius 2 is 1.10 bits per heavy atom. The Morgan fingerprint density at radius 3 is 1.95 bits per heavy atom. The van der Waals surface area contributed by atoms with E-state index in [1.807, 2.05) is 0 Å². The van der Waals surface area contributed by atoms with Gasteiger partial charge in [0.05, 0.1) is 28.5 Å². The predicted octanol–water partition coefficient (Wildman–Crippen LogP) is 15.2. The predicted molar refractivity (Wildman–Crippen MR) is 250 cm³/mol. The third-order valence-corrected chi connectivity index (χ3v) is 13.3. The molecule has 2 aliphatic heterocycles. The molecule has 0 saturated heterocycles. The van der Waals surface area contributed by atoms with Gasteiger partial charge in [-0.2, -0.15) is 0 Å². The topological polar surface area (TPSA) is 8.17 Å². The number of benzene rings is 9. The average molecular weight is 751 g/mol. The van der Waals surface area contributed by atoms with Crippen LogP contribution in [0, 0.1) is 5.92 Å². The zero-order valence-electron chi connectivity index (χ0n) is 32.6. The van der Waals surface area contributed by atoms with Gasteiger partial charge in [0, 0.05) is 33.2 Å². The molecular formula is C57H38N2. The van der Waals surface area contributed by atoms with Crippen molar-refractivity contribution in [2.75, 3.05) is 4.90 Å². The molecule has 0 spiro atoms. The Balaban J connectivity index is 1.05. The van der Waals surface area contributed by atoms with E-state index in [4.69, 9.17) is 0 Å². The first-order valence-electron chi connectivity index (χ1n) is 20.8. The maximum Gasteiger partial charge on any atom is 0.0658 e. The van der Waals surface area contributed by atoms with Gasteiger partial charge in [-0.25, -0.2) is 0 Å². The average Bonchev–Trinajstić information content (AvgIpc) is 3.78. The number of aromatic nitrogens is 1. The molecule has 3 aliphatic rings. The molecule has 59 heavy (non-hydrogen) atoms. The lowest BCUT2D eigenvalue weighted by Crippen LogP contribution is -2.33. The molecule has 2 heteroatoms. The highest BCUT2D eigenvalue weighted by molar-refractivity contribution is 6.14. The van der Waals surface area contributed by atoms with Crippen LogP contribution in [0.4, 0.5) is 11.4 Å². The van der Waals surface area contributed by atoms with E-state index in [-0.39, 0.29) is 6.04 Å². The Morgan fingerprint density at radius 1 is 0.424 bits per heavy atom. The van der Waals surface area contributed by atoms with Crippen LogP contribution in [0.1, 0.15) is 12.5 Å². The minimum atomic E-state index is 0.210. The number of allylic oxidation sites excluding steroid dienone is 2. The fourth-order valence-electron chi connectivity index (χ4n) is 10.6. The summed E-state index contributed by atoms with van der Waals surface area (Å²) in [5.74, 6) is 0.347. The highest BCUT2D eigenvalue weighted by Crippen LogP contribution is 2.59. The van der Waals surface area contributed by atoms with Crippen molar-refractivity contribution in [1.82, 2.24) is 4.57 Å². The van der Waals surface area contributed by atoms with Crippen LogP contribution in [-0.2, 0) is 0 Å². The van der Waals surface area contributed by atoms with Gasteiger partial charge in [0.2, 0.25) is 0 Å². The zero-order chi connectivity index (χ0) is 38.8. The minimum absolute atomic E-state index is 0.210. The van der Waals surface area contributed by atoms with Crippen LogP contribution in [0.15, 0.2) is 200 Å². The molecule has 13 rings (SSSR count). The van der Waals surface area contributed by atoms with Crippen molar-refractivity contribution in [2.45, 2.75) is 13.0 Å². The minimum Gasteiger partial charge on any atom is -0.332 e. The maximum absolute atomic E-state index is 2.68. The molecule has 0 amide bonds. The molecular weight excluding hydrogens is 713 g/mol. The fourth-order valence-corrected chi connectivity index (χ4v) is 10.6. The Labute approximate surface area is 343 Å². The molecule has 0 saturated carbocycles. The van der Waals surface area contributed by atoms with Gasteiger partial charge in [0.15, 0.2) is 0 Å². The monoisotopic (exact) mass is 750 g/mol. The van der Waals surface area contributed by atoms with Gasteiger partial charge in [0.25, 0.3) is 0 Å². The van der Waals surface area contributed by atoms with E-state index >= 15 is 0 Å². The van der Waals surface area contributed by atoms with Crippen LogP contribution in [0.25, 0.3) is 99.1 Å². The molecule has 1 aromatic heterocycles. The van der Waals surface area contributed by atoms with E-state index < -0.39 is 0 Å². The first kappa shape index (κ1) is 32.6. The van der Waals surface area contributed by atoms with E-state index in [1.54, 1.807) is 0 Å². The number of nitrogens with zero attached hydrogens (tertiary/aromatic N) is 2. The third kappa shape index (κ3) is 4.69. The summed E-state index contributed by atoms with van der Waals surface area (Å²) >= 11 is 0. The second kappa shape index (κ2) is 12.3. The molecule has 0 fully saturated rings. The van der Waals surface area contributed by atoms with Crippen LogP contribution >= 0.6 is 0 Å². The van der Waals surface area contributed by atoms with Gasteiger partial charge >= 0.3 is 0 Å². The van der Waals surface area contributed by atoms with Gasteiger partial charge in [-0.1, -0.05) is 153 Å². The molecule has 0 bridgehead atoms. The lowest BCUT2D eigenvalue weighted by atomic mass is 9.85. The molecule has 2 nitrogen and oxygen atoms in total. The van der Waals surface area contributed by atoms with Crippen LogP contribution in [-0.4, -0.2) is 10.6 Å². The maximum atomic E-state index is 2.68. The highest BCUT2D eigenvalue weighted by Gasteiger charge is 2.43. The second-order valence-corrected chi connectivity index (χ2v) is 16.5. The molecule has 9 aromatic carbocycles. The molecule has 3 heterocycles. The van der Waals surface area contributed by atoms with Crippen molar-refractivity contribution in [2.24, 2.45) is 5.92 Å². The zero-order valence-corrected chi connectivity index (χ0v) is 32.6. The van der Waals surface area contributed by atoms with Gasteiger partial charge in [-0.15, -0.1) is 0 Å². The molecule has 0 N–H and O–H groups in total. The van der Waals surface area contributed by atoms with Crippen molar-refractivity contribution < 1.29 is 0 Å². The standard InChI is InChI=1S/C57H38N2/c1-35-14-13-24-47-52-32-41(31-51-45-22-10-9-21-44(45)49-29-37-17-5-6-18-38(37)33-55(49)59(56(35)47)57(51)52)39-26-27-54-50(30-39)46-23-11-12-25-53(46)58(54)42-28-40-19-7-8-20-43(40)48(34-42)36-15-3-2-4-16-36/h2-35,56H,1H3. The van der Waals surface area contributed by atoms with Gasteiger partial charge < -0.3 is 9.47 Å². The summed E-state index contributed by atoms with van der Waals surface area (Å²) < 4.78 is 2.46. The van der Waals surface area contributed by atoms with Crippen molar-refractivity contribution >= 4 is 60.3 Å². The number of anilines is 2. The lowest BCUT2D eigenvalue weighted by molar-refractivity contribution is 0.637. The van der Waals surface area contributed by atoms with Crippen LogP contribution in [0.5, 0.6) is 0 Å². The number of hydrogen-bond donors (Lipinski definition) is 0. The fraction of sp³-hybridized carbons (Fsp3) is 0.0526. The second-order valence-electron chi connectivity index (χ2n) is 16.5. The molecule has 1 aliphatic carbocycles. The summed E-state index contributed by atoms with van der Waals surface area (Å²) in [4.78, 5) is 2.68. The van der Waals surface area contributed by atoms with E-state index in [0.717, 1.165) is 0 Å². The van der Waals surface area contributed by atoms with Crippen molar-refractivity contribution in [1.29, 1.82) is 0 Å². The van der Waals surface area contributed by atoms with Crippen LogP contribution in [0.2, 0.25) is 0 Å². The van der Waals surface area contributed by atoms with Crippen LogP contribution < -0.4 is 4.90 Å². The largest absolute Gasteiger partial charge is 0.332 e. The summed E-state index contributed by atoms with van der Waals surface area (Å²) in [5, 5.41) is 7.55. The van der Waals surface area contributed by atoms with Crippen molar-refractivity contribution in [3.05, 3.63) is 206 Å². The Kier molecular flexibility index (Phi) is 6.80. The summed E-state index contributed by atoms with van der Waals surface area (Å²) in [6.45, 7) is 2.38. The number of fused-ring (bicyclic) bond motifs is 13. The van der Waals surface area contributed by atoms with E-state index in [0.29, 0.717) is 5.92 Å². The quantitative estimate of drug-likeness (QED) is 0.175. The molecule has 2 unspecified atom stereocenters. The normalized spacial score (nSPS) is 16.2. The molecule has 2 atom stereocenters. The van der Waals surface area contributed by atoms with Gasteiger partial charge in [-0.05, 0) is 121 Å². The summed E-state index contributed by atoms with van der Waals surface area (Å²) in [7, 11) is 0. The lowest BCUT2D eigenvalue weighted by Gasteiger charge is -2.34. The first-order chi connectivity index (χ1) is 29.2. The van der Waals surface area contributed by atoms with Crippen molar-refractivity contribution in [3.8, 4) is 50.2 Å². The molecule has 0 radical (unpaired) electrons. The number of para-hydroxylation sites is 1. The van der Waals surface area contributed by atoms with Gasteiger partial charge in [0.1, 0.15) is 0 Å². The van der Waals surface area contributed by atoms with E-state index in [9.17, 15) is 0 Å². The van der Waals surface area contributed by atoms with E-state index in [1.165, 1.54) is 116 Å². The van der Waals surface area contributed by atoms with Gasteiger partial charge in [-0.3, -0.25) is 0 Å². The number of hydrogen-bond acceptors (Lipinski definition) is 1. The summed E-state index contributed by atoms with van der Waals surface area (Å²) in [5.41, 5.74) is 19.0. The first-order valence-corrected chi connectivity index (χ1v) is 20.8. The number of rotatable bonds is 3. The summed E-state index contributed by atoms with van der Waals surface area (Å²) in [6, 6.07) is 68.2. The molecule has 10 aromatic rings. The Hall–Kier alpha value is -7.42.